The highest BCUT2D eigenvalue weighted by atomic mass is 32.2. The van der Waals surface area contributed by atoms with Crippen molar-refractivity contribution in [1.29, 1.82) is 0 Å². The Hall–Kier alpha value is -2.27. The van der Waals surface area contributed by atoms with Crippen LogP contribution in [-0.2, 0) is 21.2 Å². The molecule has 10 heteroatoms. The lowest BCUT2D eigenvalue weighted by molar-refractivity contribution is 0.0243. The Morgan fingerprint density at radius 2 is 1.78 bits per heavy atom. The minimum absolute atomic E-state index is 0.0235. The normalized spacial score (nSPS) is 17.5. The molecule has 0 radical (unpaired) electrons. The Morgan fingerprint density at radius 1 is 1.11 bits per heavy atom. The molecule has 1 N–H and O–H groups in total. The van der Waals surface area contributed by atoms with E-state index in [9.17, 15) is 18.3 Å². The maximum Gasteiger partial charge on any atom is 0.410 e. The van der Waals surface area contributed by atoms with Gasteiger partial charge in [0.2, 0.25) is 10.0 Å². The molecule has 2 aromatic carbocycles. The van der Waals surface area contributed by atoms with E-state index < -0.39 is 28.3 Å². The SMILES string of the molecule is COc1ccc(S(=O)(=O)N(CC(C)C)C[C@@H](O)[C@H](Cc2ccccc2)N(C)C(=O)O[C@H]2CCSC2)cc1. The fraction of sp³-hybridized carbons (Fsp3) is 0.519. The number of carbonyl (C=O) groups excluding carboxylic acids is 1. The smallest absolute Gasteiger partial charge is 0.410 e. The van der Waals surface area contributed by atoms with E-state index in [4.69, 9.17) is 9.47 Å². The predicted molar refractivity (Wildman–Crippen MR) is 147 cm³/mol. The molecule has 0 aromatic heterocycles. The third kappa shape index (κ3) is 8.10. The number of methoxy groups -OCH3 is 1. The van der Waals surface area contributed by atoms with Gasteiger partial charge in [0.15, 0.2) is 0 Å². The zero-order valence-electron chi connectivity index (χ0n) is 21.9. The average molecular weight is 551 g/mol. The fourth-order valence-corrected chi connectivity index (χ4v) is 6.97. The fourth-order valence-electron chi connectivity index (χ4n) is 4.26. The summed E-state index contributed by atoms with van der Waals surface area (Å²) in [5, 5.41) is 11.4. The summed E-state index contributed by atoms with van der Waals surface area (Å²) in [4.78, 5) is 14.5. The first-order chi connectivity index (χ1) is 17.6. The number of sulfonamides is 1. The summed E-state index contributed by atoms with van der Waals surface area (Å²) in [6.07, 6.45) is -0.658. The first-order valence-electron chi connectivity index (χ1n) is 12.5. The summed E-state index contributed by atoms with van der Waals surface area (Å²) >= 11 is 1.74. The molecular weight excluding hydrogens is 512 g/mol. The highest BCUT2D eigenvalue weighted by Gasteiger charge is 2.35. The van der Waals surface area contributed by atoms with Crippen molar-refractivity contribution in [3.8, 4) is 5.75 Å². The minimum Gasteiger partial charge on any atom is -0.497 e. The van der Waals surface area contributed by atoms with Gasteiger partial charge in [-0.1, -0.05) is 44.2 Å². The molecule has 1 saturated heterocycles. The van der Waals surface area contributed by atoms with Crippen LogP contribution < -0.4 is 4.74 Å². The van der Waals surface area contributed by atoms with E-state index in [0.717, 1.165) is 23.5 Å². The summed E-state index contributed by atoms with van der Waals surface area (Å²) in [5.41, 5.74) is 0.927. The summed E-state index contributed by atoms with van der Waals surface area (Å²) < 4.78 is 39.3. The number of hydrogen-bond donors (Lipinski definition) is 1. The Labute approximate surface area is 225 Å². The number of likely N-dealkylation sites (N-methyl/N-ethyl adjacent to an activating group) is 1. The van der Waals surface area contributed by atoms with Crippen LogP contribution >= 0.6 is 11.8 Å². The summed E-state index contributed by atoms with van der Waals surface area (Å²) in [6.45, 7) is 3.90. The third-order valence-electron chi connectivity index (χ3n) is 6.33. The van der Waals surface area contributed by atoms with Crippen molar-refractivity contribution >= 4 is 27.9 Å². The van der Waals surface area contributed by atoms with Crippen molar-refractivity contribution in [2.45, 2.75) is 49.8 Å². The Bertz CT molecular complexity index is 1090. The largest absolute Gasteiger partial charge is 0.497 e. The predicted octanol–water partition coefficient (Wildman–Crippen LogP) is 3.89. The molecule has 2 aromatic rings. The van der Waals surface area contributed by atoms with Crippen molar-refractivity contribution in [1.82, 2.24) is 9.21 Å². The van der Waals surface area contributed by atoms with Crippen molar-refractivity contribution in [3.05, 3.63) is 60.2 Å². The van der Waals surface area contributed by atoms with E-state index in [1.165, 1.54) is 28.4 Å². The maximum atomic E-state index is 13.6. The number of amides is 1. The molecule has 37 heavy (non-hydrogen) atoms. The lowest BCUT2D eigenvalue weighted by Gasteiger charge is -2.35. The molecule has 0 unspecified atom stereocenters. The van der Waals surface area contributed by atoms with Gasteiger partial charge in [0.25, 0.3) is 0 Å². The zero-order chi connectivity index (χ0) is 27.0. The van der Waals surface area contributed by atoms with Gasteiger partial charge >= 0.3 is 6.09 Å². The van der Waals surface area contributed by atoms with Crippen molar-refractivity contribution in [3.63, 3.8) is 0 Å². The second-order valence-electron chi connectivity index (χ2n) is 9.70. The van der Waals surface area contributed by atoms with Crippen LogP contribution in [0.5, 0.6) is 5.75 Å². The molecule has 3 atom stereocenters. The quantitative estimate of drug-likeness (QED) is 0.428. The molecule has 0 aliphatic carbocycles. The van der Waals surface area contributed by atoms with Gasteiger partial charge < -0.3 is 19.5 Å². The maximum absolute atomic E-state index is 13.6. The van der Waals surface area contributed by atoms with Crippen LogP contribution in [0.25, 0.3) is 0 Å². The summed E-state index contributed by atoms with van der Waals surface area (Å²) in [6, 6.07) is 15.0. The van der Waals surface area contributed by atoms with E-state index in [-0.39, 0.29) is 30.0 Å². The number of rotatable bonds is 12. The van der Waals surface area contributed by atoms with E-state index in [0.29, 0.717) is 12.2 Å². The lowest BCUT2D eigenvalue weighted by atomic mass is 10.00. The van der Waals surface area contributed by atoms with Crippen LogP contribution in [0.1, 0.15) is 25.8 Å². The van der Waals surface area contributed by atoms with Gasteiger partial charge in [-0.15, -0.1) is 0 Å². The molecule has 1 amide bonds. The Morgan fingerprint density at radius 3 is 2.35 bits per heavy atom. The standard InChI is InChI=1S/C27H38N2O6S2/c1-20(2)17-29(37(32,33)24-12-10-22(34-4)11-13-24)18-26(30)25(16-21-8-6-5-7-9-21)28(3)27(31)35-23-14-15-36-19-23/h5-13,20,23,25-26,30H,14-19H2,1-4H3/t23-,25-,26+/m0/s1. The number of nitrogens with zero attached hydrogens (tertiary/aromatic N) is 2. The number of ether oxygens (including phenoxy) is 2. The molecule has 0 spiro atoms. The summed E-state index contributed by atoms with van der Waals surface area (Å²) in [5.74, 6) is 2.28. The van der Waals surface area contributed by atoms with Crippen LogP contribution in [0.3, 0.4) is 0 Å². The van der Waals surface area contributed by atoms with Gasteiger partial charge in [-0.3, -0.25) is 0 Å². The minimum atomic E-state index is -3.91. The van der Waals surface area contributed by atoms with Crippen molar-refractivity contribution in [2.24, 2.45) is 5.92 Å². The van der Waals surface area contributed by atoms with Gasteiger partial charge in [-0.05, 0) is 54.3 Å². The third-order valence-corrected chi connectivity index (χ3v) is 9.31. The molecule has 8 nitrogen and oxygen atoms in total. The van der Waals surface area contributed by atoms with Crippen LogP contribution in [0.15, 0.2) is 59.5 Å². The van der Waals surface area contributed by atoms with Gasteiger partial charge in [-0.25, -0.2) is 13.2 Å². The topological polar surface area (TPSA) is 96.4 Å². The number of thioether (sulfide) groups is 1. The van der Waals surface area contributed by atoms with E-state index >= 15 is 0 Å². The van der Waals surface area contributed by atoms with Crippen LogP contribution in [0.2, 0.25) is 0 Å². The molecule has 1 fully saturated rings. The molecule has 1 heterocycles. The molecule has 1 aliphatic rings. The molecule has 0 bridgehead atoms. The van der Waals surface area contributed by atoms with Gasteiger partial charge in [-0.2, -0.15) is 16.1 Å². The number of benzene rings is 2. The number of aliphatic hydroxyl groups excluding tert-OH is 1. The second kappa shape index (κ2) is 13.5. The van der Waals surface area contributed by atoms with Gasteiger partial charge in [0.05, 0.1) is 24.2 Å². The molecular formula is C27H38N2O6S2. The number of carbonyl (C=O) groups is 1. The molecule has 1 aliphatic heterocycles. The van der Waals surface area contributed by atoms with E-state index in [1.807, 2.05) is 44.2 Å². The Kier molecular flexibility index (Phi) is 10.7. The highest BCUT2D eigenvalue weighted by molar-refractivity contribution is 7.99. The average Bonchev–Trinajstić information content (AvgIpc) is 3.39. The first-order valence-corrected chi connectivity index (χ1v) is 15.1. The molecule has 0 saturated carbocycles. The molecule has 204 valence electrons. The molecule has 3 rings (SSSR count). The first kappa shape index (κ1) is 29.3. The lowest BCUT2D eigenvalue weighted by Crippen LogP contribution is -2.52. The Balaban J connectivity index is 1.85. The van der Waals surface area contributed by atoms with Gasteiger partial charge in [0.1, 0.15) is 11.9 Å². The van der Waals surface area contributed by atoms with E-state index in [2.05, 4.69) is 0 Å². The second-order valence-corrected chi connectivity index (χ2v) is 12.8. The number of hydrogen-bond acceptors (Lipinski definition) is 7. The van der Waals surface area contributed by atoms with Crippen molar-refractivity contribution in [2.75, 3.05) is 38.8 Å². The zero-order valence-corrected chi connectivity index (χ0v) is 23.6. The summed E-state index contributed by atoms with van der Waals surface area (Å²) in [7, 11) is -0.785. The van der Waals surface area contributed by atoms with Crippen LogP contribution in [0, 0.1) is 5.92 Å². The van der Waals surface area contributed by atoms with Crippen molar-refractivity contribution < 1.29 is 27.8 Å². The van der Waals surface area contributed by atoms with Crippen LogP contribution in [0.4, 0.5) is 4.79 Å². The van der Waals surface area contributed by atoms with E-state index in [1.54, 1.807) is 30.9 Å². The number of aliphatic hydroxyl groups is 1. The highest BCUT2D eigenvalue weighted by Crippen LogP contribution is 2.24. The monoisotopic (exact) mass is 550 g/mol. The van der Waals surface area contributed by atoms with Gasteiger partial charge in [0, 0.05) is 25.9 Å². The van der Waals surface area contributed by atoms with Crippen LogP contribution in [-0.4, -0.2) is 85.8 Å².